The van der Waals surface area contributed by atoms with E-state index in [4.69, 9.17) is 34.8 Å². The minimum Gasteiger partial charge on any atom is -0.306 e. The summed E-state index contributed by atoms with van der Waals surface area (Å²) < 4.78 is 0. The summed E-state index contributed by atoms with van der Waals surface area (Å²) in [6, 6.07) is 13.5. The van der Waals surface area contributed by atoms with Crippen molar-refractivity contribution in [2.45, 2.75) is 19.5 Å². The van der Waals surface area contributed by atoms with Crippen LogP contribution in [0.5, 0.6) is 0 Å². The van der Waals surface area contributed by atoms with E-state index in [1.165, 1.54) is 0 Å². The van der Waals surface area contributed by atoms with Gasteiger partial charge < -0.3 is 5.32 Å². The second kappa shape index (κ2) is 6.62. The molecular formula is C15H14Cl3N. The van der Waals surface area contributed by atoms with Crippen LogP contribution < -0.4 is 5.32 Å². The first kappa shape index (κ1) is 14.7. The van der Waals surface area contributed by atoms with Gasteiger partial charge in [-0.05, 0) is 48.4 Å². The summed E-state index contributed by atoms with van der Waals surface area (Å²) >= 11 is 18.1. The lowest BCUT2D eigenvalue weighted by molar-refractivity contribution is 0.575. The molecule has 0 fully saturated rings. The molecular weight excluding hydrogens is 301 g/mol. The Labute approximate surface area is 128 Å². The molecule has 1 N–H and O–H groups in total. The Morgan fingerprint density at radius 1 is 1.00 bits per heavy atom. The van der Waals surface area contributed by atoms with Crippen LogP contribution in [0.4, 0.5) is 0 Å². The van der Waals surface area contributed by atoms with Crippen molar-refractivity contribution in [1.29, 1.82) is 0 Å². The molecule has 4 heteroatoms. The maximum Gasteiger partial charge on any atom is 0.0451 e. The van der Waals surface area contributed by atoms with Crippen LogP contribution in [-0.4, -0.2) is 0 Å². The fourth-order valence-electron chi connectivity index (χ4n) is 1.84. The van der Waals surface area contributed by atoms with Crippen molar-refractivity contribution in [3.05, 3.63) is 68.7 Å². The van der Waals surface area contributed by atoms with Gasteiger partial charge in [-0.2, -0.15) is 0 Å². The fraction of sp³-hybridized carbons (Fsp3) is 0.200. The maximum atomic E-state index is 6.13. The predicted octanol–water partition coefficient (Wildman–Crippen LogP) is 5.50. The molecule has 0 aliphatic heterocycles. The zero-order chi connectivity index (χ0) is 13.8. The molecule has 2 aromatic rings. The van der Waals surface area contributed by atoms with Gasteiger partial charge in [0.2, 0.25) is 0 Å². The molecule has 19 heavy (non-hydrogen) atoms. The number of hydrogen-bond acceptors (Lipinski definition) is 1. The average molecular weight is 315 g/mol. The third-order valence-electron chi connectivity index (χ3n) is 2.96. The molecule has 0 amide bonds. The molecule has 0 aliphatic carbocycles. The SMILES string of the molecule is C[C@H](NCc1cc(Cl)ccc1Cl)c1cccc(Cl)c1. The third-order valence-corrected chi connectivity index (χ3v) is 3.79. The summed E-state index contributed by atoms with van der Waals surface area (Å²) in [5, 5.41) is 5.56. The number of halogens is 3. The van der Waals surface area contributed by atoms with Crippen LogP contribution >= 0.6 is 34.8 Å². The van der Waals surface area contributed by atoms with E-state index in [-0.39, 0.29) is 6.04 Å². The minimum absolute atomic E-state index is 0.189. The van der Waals surface area contributed by atoms with Gasteiger partial charge in [0, 0.05) is 27.7 Å². The van der Waals surface area contributed by atoms with Gasteiger partial charge in [0.15, 0.2) is 0 Å². The smallest absolute Gasteiger partial charge is 0.0451 e. The van der Waals surface area contributed by atoms with Crippen molar-refractivity contribution in [2.24, 2.45) is 0 Å². The van der Waals surface area contributed by atoms with Gasteiger partial charge in [0.25, 0.3) is 0 Å². The molecule has 0 radical (unpaired) electrons. The highest BCUT2D eigenvalue weighted by atomic mass is 35.5. The Bertz CT molecular complexity index is 569. The van der Waals surface area contributed by atoms with Crippen molar-refractivity contribution in [3.63, 3.8) is 0 Å². The highest BCUT2D eigenvalue weighted by Gasteiger charge is 2.07. The summed E-state index contributed by atoms with van der Waals surface area (Å²) in [5.41, 5.74) is 2.13. The van der Waals surface area contributed by atoms with Crippen LogP contribution in [0.2, 0.25) is 15.1 Å². The maximum absolute atomic E-state index is 6.13. The van der Waals surface area contributed by atoms with Crippen LogP contribution in [0.1, 0.15) is 24.1 Å². The van der Waals surface area contributed by atoms with Crippen molar-refractivity contribution < 1.29 is 0 Å². The van der Waals surface area contributed by atoms with E-state index in [1.807, 2.05) is 36.4 Å². The van der Waals surface area contributed by atoms with E-state index in [0.29, 0.717) is 11.6 Å². The molecule has 0 saturated carbocycles. The van der Waals surface area contributed by atoms with Crippen molar-refractivity contribution >= 4 is 34.8 Å². The Balaban J connectivity index is 2.04. The normalized spacial score (nSPS) is 12.4. The predicted molar refractivity (Wildman–Crippen MR) is 83.2 cm³/mol. The number of rotatable bonds is 4. The number of hydrogen-bond donors (Lipinski definition) is 1. The van der Waals surface area contributed by atoms with Gasteiger partial charge in [-0.25, -0.2) is 0 Å². The van der Waals surface area contributed by atoms with Gasteiger partial charge in [-0.3, -0.25) is 0 Å². The van der Waals surface area contributed by atoms with Crippen LogP contribution in [0, 0.1) is 0 Å². The molecule has 2 aromatic carbocycles. The first-order valence-electron chi connectivity index (χ1n) is 5.99. The van der Waals surface area contributed by atoms with E-state index in [9.17, 15) is 0 Å². The number of nitrogens with one attached hydrogen (secondary N) is 1. The van der Waals surface area contributed by atoms with Gasteiger partial charge in [-0.1, -0.05) is 46.9 Å². The lowest BCUT2D eigenvalue weighted by atomic mass is 10.1. The summed E-state index contributed by atoms with van der Waals surface area (Å²) in [7, 11) is 0. The van der Waals surface area contributed by atoms with Gasteiger partial charge in [0.1, 0.15) is 0 Å². The molecule has 0 heterocycles. The van der Waals surface area contributed by atoms with E-state index in [0.717, 1.165) is 21.2 Å². The van der Waals surface area contributed by atoms with Crippen molar-refractivity contribution in [2.75, 3.05) is 0 Å². The molecule has 0 aliphatic rings. The minimum atomic E-state index is 0.189. The largest absolute Gasteiger partial charge is 0.306 e. The molecule has 100 valence electrons. The Hall–Kier alpha value is -0.730. The van der Waals surface area contributed by atoms with Crippen molar-refractivity contribution in [3.8, 4) is 0 Å². The molecule has 2 rings (SSSR count). The second-order valence-corrected chi connectivity index (χ2v) is 5.67. The molecule has 0 unspecified atom stereocenters. The molecule has 1 nitrogen and oxygen atoms in total. The summed E-state index contributed by atoms with van der Waals surface area (Å²) in [5.74, 6) is 0. The Kier molecular flexibility index (Phi) is 5.12. The monoisotopic (exact) mass is 313 g/mol. The highest BCUT2D eigenvalue weighted by molar-refractivity contribution is 6.33. The van der Waals surface area contributed by atoms with E-state index in [1.54, 1.807) is 6.07 Å². The number of benzene rings is 2. The van der Waals surface area contributed by atoms with Crippen molar-refractivity contribution in [1.82, 2.24) is 5.32 Å². The van der Waals surface area contributed by atoms with Gasteiger partial charge in [-0.15, -0.1) is 0 Å². The highest BCUT2D eigenvalue weighted by Crippen LogP contribution is 2.22. The summed E-state index contributed by atoms with van der Waals surface area (Å²) in [6.07, 6.45) is 0. The third kappa shape index (κ3) is 4.12. The lowest BCUT2D eigenvalue weighted by Crippen LogP contribution is -2.18. The van der Waals surface area contributed by atoms with Crippen LogP contribution in [0.15, 0.2) is 42.5 Å². The van der Waals surface area contributed by atoms with E-state index in [2.05, 4.69) is 12.2 Å². The van der Waals surface area contributed by atoms with Crippen LogP contribution in [0.3, 0.4) is 0 Å². The van der Waals surface area contributed by atoms with Gasteiger partial charge in [0.05, 0.1) is 0 Å². The Morgan fingerprint density at radius 3 is 2.47 bits per heavy atom. The zero-order valence-corrected chi connectivity index (χ0v) is 12.7. The fourth-order valence-corrected chi connectivity index (χ4v) is 2.41. The molecule has 1 atom stereocenters. The standard InChI is InChI=1S/C15H14Cl3N/c1-10(11-3-2-4-13(16)7-11)19-9-12-8-14(17)5-6-15(12)18/h2-8,10,19H,9H2,1H3/t10-/m0/s1. The molecule has 0 bridgehead atoms. The van der Waals surface area contributed by atoms with E-state index < -0.39 is 0 Å². The van der Waals surface area contributed by atoms with E-state index >= 15 is 0 Å². The quantitative estimate of drug-likeness (QED) is 0.786. The zero-order valence-electron chi connectivity index (χ0n) is 10.5. The van der Waals surface area contributed by atoms with Crippen LogP contribution in [0.25, 0.3) is 0 Å². The topological polar surface area (TPSA) is 12.0 Å². The summed E-state index contributed by atoms with van der Waals surface area (Å²) in [4.78, 5) is 0. The molecule has 0 aromatic heterocycles. The first-order valence-corrected chi connectivity index (χ1v) is 7.12. The molecule has 0 saturated heterocycles. The summed E-state index contributed by atoms with van der Waals surface area (Å²) in [6.45, 7) is 2.75. The average Bonchev–Trinajstić information content (AvgIpc) is 2.39. The van der Waals surface area contributed by atoms with Crippen LogP contribution in [-0.2, 0) is 6.54 Å². The Morgan fingerprint density at radius 2 is 1.74 bits per heavy atom. The first-order chi connectivity index (χ1) is 9.06. The second-order valence-electron chi connectivity index (χ2n) is 4.39. The molecule has 0 spiro atoms. The van der Waals surface area contributed by atoms with Gasteiger partial charge >= 0.3 is 0 Å². The lowest BCUT2D eigenvalue weighted by Gasteiger charge is -2.15.